The molecule has 21 heavy (non-hydrogen) atoms. The van der Waals surface area contributed by atoms with Crippen LogP contribution in [-0.2, 0) is 0 Å². The van der Waals surface area contributed by atoms with Crippen LogP contribution in [0.25, 0.3) is 0 Å². The largest absolute Gasteiger partial charge is 0.382 e. The molecule has 1 aromatic heterocycles. The van der Waals surface area contributed by atoms with Crippen LogP contribution in [0.3, 0.4) is 0 Å². The zero-order chi connectivity index (χ0) is 14.7. The summed E-state index contributed by atoms with van der Waals surface area (Å²) >= 11 is 1.27. The van der Waals surface area contributed by atoms with E-state index in [1.165, 1.54) is 42.8 Å². The van der Waals surface area contributed by atoms with Crippen molar-refractivity contribution >= 4 is 28.3 Å². The van der Waals surface area contributed by atoms with Crippen molar-refractivity contribution in [2.45, 2.75) is 51.0 Å². The van der Waals surface area contributed by atoms with E-state index < -0.39 is 0 Å². The van der Waals surface area contributed by atoms with Gasteiger partial charge in [-0.1, -0.05) is 11.6 Å². The summed E-state index contributed by atoms with van der Waals surface area (Å²) in [5.74, 6) is 0.237. The smallest absolute Gasteiger partial charge is 0.258 e. The summed E-state index contributed by atoms with van der Waals surface area (Å²) in [5, 5.41) is 7.10. The molecule has 5 nitrogen and oxygen atoms in total. The minimum Gasteiger partial charge on any atom is -0.382 e. The van der Waals surface area contributed by atoms with Gasteiger partial charge in [0.05, 0.1) is 0 Å². The maximum Gasteiger partial charge on any atom is 0.258 e. The Morgan fingerprint density at radius 3 is 3.00 bits per heavy atom. The molecule has 0 bridgehead atoms. The van der Waals surface area contributed by atoms with Gasteiger partial charge in [-0.3, -0.25) is 4.79 Å². The molecule has 2 aliphatic carbocycles. The van der Waals surface area contributed by atoms with E-state index >= 15 is 0 Å². The van der Waals surface area contributed by atoms with E-state index in [-0.39, 0.29) is 5.91 Å². The lowest BCUT2D eigenvalue weighted by Gasteiger charge is -2.13. The summed E-state index contributed by atoms with van der Waals surface area (Å²) in [5.41, 5.74) is 7.88. The molecule has 0 aliphatic heterocycles. The maximum atomic E-state index is 12.2. The molecular formula is C15H22N4OS. The monoisotopic (exact) mass is 306 g/mol. The molecule has 0 spiro atoms. The molecule has 0 radical (unpaired) electrons. The van der Waals surface area contributed by atoms with Crippen molar-refractivity contribution in [2.24, 2.45) is 0 Å². The van der Waals surface area contributed by atoms with Gasteiger partial charge < -0.3 is 16.4 Å². The standard InChI is InChI=1S/C15H22N4OS/c16-13-12(14(20)18-11-6-7-11)15(21-19-13)17-9-8-10-4-2-1-3-5-10/h4,11,17H,1-3,5-9H2,(H2,16,19)(H,18,20). The van der Waals surface area contributed by atoms with Crippen LogP contribution in [0.1, 0.15) is 55.3 Å². The highest BCUT2D eigenvalue weighted by Crippen LogP contribution is 2.29. The first-order chi connectivity index (χ1) is 10.2. The maximum absolute atomic E-state index is 12.2. The molecule has 1 aromatic rings. The van der Waals surface area contributed by atoms with Crippen LogP contribution in [0.15, 0.2) is 11.6 Å². The molecule has 114 valence electrons. The van der Waals surface area contributed by atoms with Crippen molar-refractivity contribution in [2.75, 3.05) is 17.6 Å². The van der Waals surface area contributed by atoms with Gasteiger partial charge in [0.2, 0.25) is 0 Å². The fourth-order valence-electron chi connectivity index (χ4n) is 2.60. The molecule has 3 rings (SSSR count). The minimum absolute atomic E-state index is 0.0943. The number of carbonyl (C=O) groups excluding carboxylic acids is 1. The predicted molar refractivity (Wildman–Crippen MR) is 86.7 cm³/mol. The predicted octanol–water partition coefficient (Wildman–Crippen LogP) is 2.92. The van der Waals surface area contributed by atoms with Gasteiger partial charge in [-0.2, -0.15) is 4.37 Å². The second-order valence-corrected chi connectivity index (χ2v) is 6.58. The van der Waals surface area contributed by atoms with Gasteiger partial charge in [-0.25, -0.2) is 0 Å². The first-order valence-electron chi connectivity index (χ1n) is 7.72. The normalized spacial score (nSPS) is 18.2. The van der Waals surface area contributed by atoms with Gasteiger partial charge >= 0.3 is 0 Å². The molecule has 0 atom stereocenters. The van der Waals surface area contributed by atoms with Crippen molar-refractivity contribution in [3.63, 3.8) is 0 Å². The molecular weight excluding hydrogens is 284 g/mol. The van der Waals surface area contributed by atoms with Gasteiger partial charge in [0.25, 0.3) is 5.91 Å². The summed E-state index contributed by atoms with van der Waals surface area (Å²) in [6.07, 6.45) is 10.6. The van der Waals surface area contributed by atoms with Crippen LogP contribution in [0.2, 0.25) is 0 Å². The van der Waals surface area contributed by atoms with Crippen LogP contribution in [0.5, 0.6) is 0 Å². The van der Waals surface area contributed by atoms with E-state index in [1.807, 2.05) is 0 Å². The summed E-state index contributed by atoms with van der Waals surface area (Å²) in [6, 6.07) is 0.331. The highest BCUT2D eigenvalue weighted by atomic mass is 32.1. The first kappa shape index (κ1) is 14.4. The van der Waals surface area contributed by atoms with E-state index in [0.717, 1.165) is 30.8 Å². The zero-order valence-corrected chi connectivity index (χ0v) is 13.0. The zero-order valence-electron chi connectivity index (χ0n) is 12.2. The van der Waals surface area contributed by atoms with Crippen LogP contribution in [-0.4, -0.2) is 22.9 Å². The summed E-state index contributed by atoms with van der Waals surface area (Å²) in [4.78, 5) is 12.2. The SMILES string of the molecule is Nc1nsc(NCCC2=CCCCC2)c1C(=O)NC1CC1. The molecule has 2 aliphatic rings. The van der Waals surface area contributed by atoms with E-state index in [0.29, 0.717) is 17.4 Å². The molecule has 0 saturated heterocycles. The van der Waals surface area contributed by atoms with Gasteiger partial charge in [0, 0.05) is 12.6 Å². The Hall–Kier alpha value is -1.56. The summed E-state index contributed by atoms with van der Waals surface area (Å²) < 4.78 is 4.11. The molecule has 0 aromatic carbocycles. The third kappa shape index (κ3) is 3.75. The van der Waals surface area contributed by atoms with E-state index in [9.17, 15) is 4.79 Å². The Labute approximate surface area is 129 Å². The Kier molecular flexibility index (Phi) is 4.43. The fraction of sp³-hybridized carbons (Fsp3) is 0.600. The fourth-order valence-corrected chi connectivity index (χ4v) is 3.33. The first-order valence-corrected chi connectivity index (χ1v) is 8.49. The molecule has 1 fully saturated rings. The van der Waals surface area contributed by atoms with Crippen LogP contribution < -0.4 is 16.4 Å². The Bertz CT molecular complexity index is 548. The van der Waals surface area contributed by atoms with Crippen molar-refractivity contribution < 1.29 is 4.79 Å². The Balaban J connectivity index is 1.57. The number of allylic oxidation sites excluding steroid dienone is 1. The molecule has 0 unspecified atom stereocenters. The Morgan fingerprint density at radius 1 is 1.43 bits per heavy atom. The number of hydrogen-bond acceptors (Lipinski definition) is 5. The number of nitrogens with zero attached hydrogens (tertiary/aromatic N) is 1. The van der Waals surface area contributed by atoms with Crippen molar-refractivity contribution in [1.82, 2.24) is 9.69 Å². The van der Waals surface area contributed by atoms with E-state index in [4.69, 9.17) is 5.73 Å². The van der Waals surface area contributed by atoms with Crippen molar-refractivity contribution in [3.8, 4) is 0 Å². The molecule has 4 N–H and O–H groups in total. The van der Waals surface area contributed by atoms with Crippen LogP contribution >= 0.6 is 11.5 Å². The molecule has 1 heterocycles. The second-order valence-electron chi connectivity index (χ2n) is 5.80. The lowest BCUT2D eigenvalue weighted by Crippen LogP contribution is -2.26. The van der Waals surface area contributed by atoms with Crippen LogP contribution in [0, 0.1) is 0 Å². The second kappa shape index (κ2) is 6.47. The average Bonchev–Trinajstić information content (AvgIpc) is 3.22. The number of carbonyl (C=O) groups is 1. The molecule has 1 amide bonds. The van der Waals surface area contributed by atoms with Crippen LogP contribution in [0.4, 0.5) is 10.8 Å². The number of nitrogen functional groups attached to an aromatic ring is 1. The third-order valence-electron chi connectivity index (χ3n) is 3.97. The van der Waals surface area contributed by atoms with E-state index in [2.05, 4.69) is 21.1 Å². The summed E-state index contributed by atoms with van der Waals surface area (Å²) in [7, 11) is 0. The van der Waals surface area contributed by atoms with Gasteiger partial charge in [0.15, 0.2) is 5.82 Å². The number of nitrogens with two attached hydrogens (primary N) is 1. The number of amides is 1. The summed E-state index contributed by atoms with van der Waals surface area (Å²) in [6.45, 7) is 0.831. The van der Waals surface area contributed by atoms with Crippen molar-refractivity contribution in [1.29, 1.82) is 0 Å². The van der Waals surface area contributed by atoms with Gasteiger partial charge in [-0.05, 0) is 56.5 Å². The number of rotatable bonds is 6. The lowest BCUT2D eigenvalue weighted by atomic mass is 9.97. The number of hydrogen-bond donors (Lipinski definition) is 3. The molecule has 1 saturated carbocycles. The minimum atomic E-state index is -0.0943. The lowest BCUT2D eigenvalue weighted by molar-refractivity contribution is 0.0953. The number of nitrogens with one attached hydrogen (secondary N) is 2. The highest BCUT2D eigenvalue weighted by Gasteiger charge is 2.27. The number of aromatic nitrogens is 1. The average molecular weight is 306 g/mol. The topological polar surface area (TPSA) is 80.0 Å². The molecule has 6 heteroatoms. The van der Waals surface area contributed by atoms with Crippen molar-refractivity contribution in [3.05, 3.63) is 17.2 Å². The Morgan fingerprint density at radius 2 is 2.29 bits per heavy atom. The highest BCUT2D eigenvalue weighted by molar-refractivity contribution is 7.11. The quantitative estimate of drug-likeness (QED) is 0.706. The van der Waals surface area contributed by atoms with Gasteiger partial charge in [0.1, 0.15) is 10.6 Å². The van der Waals surface area contributed by atoms with E-state index in [1.54, 1.807) is 0 Å². The number of anilines is 2. The van der Waals surface area contributed by atoms with Gasteiger partial charge in [-0.15, -0.1) is 0 Å². The third-order valence-corrected chi connectivity index (χ3v) is 4.79.